The molecule has 1 aliphatic heterocycles. The summed E-state index contributed by atoms with van der Waals surface area (Å²) in [6.07, 6.45) is 8.66. The average Bonchev–Trinajstić information content (AvgIpc) is 3.27. The summed E-state index contributed by atoms with van der Waals surface area (Å²) >= 11 is 1.65. The molecule has 1 aromatic carbocycles. The summed E-state index contributed by atoms with van der Waals surface area (Å²) in [4.78, 5) is 25.8. The molecule has 36 heavy (non-hydrogen) atoms. The van der Waals surface area contributed by atoms with Gasteiger partial charge in [0.1, 0.15) is 11.5 Å². The Balaban J connectivity index is 1.55. The van der Waals surface area contributed by atoms with Crippen LogP contribution in [0.15, 0.2) is 84.2 Å². The van der Waals surface area contributed by atoms with E-state index in [2.05, 4.69) is 35.4 Å². The molecule has 0 bridgehead atoms. The lowest BCUT2D eigenvalue weighted by atomic mass is 10.1. The van der Waals surface area contributed by atoms with Crippen LogP contribution < -0.4 is 9.64 Å². The second kappa shape index (κ2) is 11.6. The molecule has 6 nitrogen and oxygen atoms in total. The number of pyridine rings is 1. The number of allylic oxidation sites excluding steroid dienone is 3. The van der Waals surface area contributed by atoms with E-state index in [0.717, 1.165) is 33.0 Å². The van der Waals surface area contributed by atoms with Gasteiger partial charge in [0, 0.05) is 29.2 Å². The molecule has 2 aromatic heterocycles. The van der Waals surface area contributed by atoms with Gasteiger partial charge >= 0.3 is 0 Å². The zero-order valence-electron chi connectivity index (χ0n) is 20.6. The van der Waals surface area contributed by atoms with E-state index in [4.69, 9.17) is 9.47 Å². The third kappa shape index (κ3) is 5.47. The molecule has 3 heterocycles. The topological polar surface area (TPSA) is 64.0 Å². The number of ether oxygens (including phenoxy) is 2. The van der Waals surface area contributed by atoms with Crippen LogP contribution in [0.5, 0.6) is 5.88 Å². The quantitative estimate of drug-likeness (QED) is 0.154. The van der Waals surface area contributed by atoms with Crippen molar-refractivity contribution in [2.75, 3.05) is 25.2 Å². The maximum Gasteiger partial charge on any atom is 0.276 e. The smallest absolute Gasteiger partial charge is 0.276 e. The van der Waals surface area contributed by atoms with Crippen molar-refractivity contribution in [3.8, 4) is 16.3 Å². The van der Waals surface area contributed by atoms with E-state index in [1.165, 1.54) is 5.56 Å². The maximum atomic E-state index is 13.5. The molecule has 7 heteroatoms. The van der Waals surface area contributed by atoms with Gasteiger partial charge in [-0.15, -0.1) is 11.3 Å². The van der Waals surface area contributed by atoms with Gasteiger partial charge in [-0.25, -0.2) is 4.98 Å². The molecule has 0 saturated carbocycles. The second-order valence-electron chi connectivity index (χ2n) is 8.10. The number of fused-ring (bicyclic) bond motifs is 3. The van der Waals surface area contributed by atoms with Crippen LogP contribution in [0, 0.1) is 0 Å². The summed E-state index contributed by atoms with van der Waals surface area (Å²) < 4.78 is 10.7. The highest BCUT2D eigenvalue weighted by Crippen LogP contribution is 2.43. The number of benzene rings is 1. The Hall–Kier alpha value is -3.97. The van der Waals surface area contributed by atoms with Crippen LogP contribution in [-0.2, 0) is 22.4 Å². The average molecular weight is 500 g/mol. The minimum absolute atomic E-state index is 0.178. The van der Waals surface area contributed by atoms with Gasteiger partial charge in [0.05, 0.1) is 24.3 Å². The van der Waals surface area contributed by atoms with E-state index >= 15 is 0 Å². The van der Waals surface area contributed by atoms with E-state index in [1.54, 1.807) is 35.6 Å². The molecule has 0 N–H and O–H groups in total. The highest BCUT2D eigenvalue weighted by Gasteiger charge is 2.27. The first-order chi connectivity index (χ1) is 17.5. The number of thiophene rings is 1. The van der Waals surface area contributed by atoms with Gasteiger partial charge in [-0.05, 0) is 55.8 Å². The van der Waals surface area contributed by atoms with Crippen molar-refractivity contribution in [2.24, 2.45) is 4.99 Å². The Morgan fingerprint density at radius 2 is 2.11 bits per heavy atom. The number of hydrogen-bond acceptors (Lipinski definition) is 6. The Bertz CT molecular complexity index is 1320. The van der Waals surface area contributed by atoms with E-state index in [9.17, 15) is 4.79 Å². The number of aromatic nitrogens is 1. The number of carbonyl (C=O) groups excluding carboxylic acids is 1. The number of anilines is 1. The van der Waals surface area contributed by atoms with Crippen molar-refractivity contribution in [3.63, 3.8) is 0 Å². The Kier molecular flexibility index (Phi) is 8.13. The van der Waals surface area contributed by atoms with Crippen LogP contribution in [0.1, 0.15) is 22.9 Å². The summed E-state index contributed by atoms with van der Waals surface area (Å²) in [5, 5.41) is 0. The lowest BCUT2D eigenvalue weighted by molar-refractivity contribution is -0.115. The first-order valence-corrected chi connectivity index (χ1v) is 12.6. The fraction of sp³-hybridized carbons (Fsp3) is 0.207. The normalized spacial score (nSPS) is 13.1. The first kappa shape index (κ1) is 25.1. The summed E-state index contributed by atoms with van der Waals surface area (Å²) in [6.45, 7) is 10.8. The van der Waals surface area contributed by atoms with Gasteiger partial charge < -0.3 is 14.4 Å². The van der Waals surface area contributed by atoms with Crippen LogP contribution >= 0.6 is 11.3 Å². The predicted molar refractivity (Wildman–Crippen MR) is 148 cm³/mol. The number of rotatable bonds is 9. The monoisotopic (exact) mass is 499 g/mol. The van der Waals surface area contributed by atoms with Crippen LogP contribution in [0.25, 0.3) is 16.2 Å². The van der Waals surface area contributed by atoms with E-state index in [0.29, 0.717) is 36.9 Å². The third-order valence-corrected chi connectivity index (χ3v) is 7.08. The standard InChI is InChI=1S/C29H29N3O3S/c1-5-35-20(2)26-18-22-16-17-32(25-13-9-7-11-23(25)28(22)36-26)29(33)24(30-3)12-8-6-10-21-14-15-27(34-4)31-19-21/h6-9,11-15,18-19H,2-3,5,10,16-17H2,1,4H3/b8-6-,24-12-. The molecule has 4 rings (SSSR count). The lowest BCUT2D eigenvalue weighted by Crippen LogP contribution is -2.33. The van der Waals surface area contributed by atoms with Crippen LogP contribution in [0.4, 0.5) is 5.69 Å². The number of hydrogen-bond donors (Lipinski definition) is 0. The molecule has 0 unspecified atom stereocenters. The summed E-state index contributed by atoms with van der Waals surface area (Å²) in [6, 6.07) is 13.9. The van der Waals surface area contributed by atoms with Crippen molar-refractivity contribution in [1.82, 2.24) is 4.98 Å². The third-order valence-electron chi connectivity index (χ3n) is 5.83. The lowest BCUT2D eigenvalue weighted by Gasteiger charge is -2.23. The molecule has 0 spiro atoms. The fourth-order valence-electron chi connectivity index (χ4n) is 4.04. The second-order valence-corrected chi connectivity index (χ2v) is 9.15. The zero-order valence-corrected chi connectivity index (χ0v) is 21.4. The molecule has 0 aliphatic carbocycles. The number of amides is 1. The van der Waals surface area contributed by atoms with Gasteiger partial charge in [0.25, 0.3) is 5.91 Å². The number of para-hydroxylation sites is 1. The van der Waals surface area contributed by atoms with E-state index < -0.39 is 0 Å². The molecular weight excluding hydrogens is 470 g/mol. The highest BCUT2D eigenvalue weighted by atomic mass is 32.1. The Labute approximate surface area is 215 Å². The molecule has 0 atom stereocenters. The van der Waals surface area contributed by atoms with Gasteiger partial charge in [0.15, 0.2) is 0 Å². The minimum atomic E-state index is -0.178. The van der Waals surface area contributed by atoms with Crippen molar-refractivity contribution in [1.29, 1.82) is 0 Å². The van der Waals surface area contributed by atoms with Crippen molar-refractivity contribution >= 4 is 35.4 Å². The SMILES string of the molecule is C=N/C(=C\C=C/Cc1ccc(OC)nc1)C(=O)N1CCc2cc(C(=C)OCC)sc2-c2ccccc21. The molecule has 0 fully saturated rings. The minimum Gasteiger partial charge on any atom is -0.493 e. The molecule has 184 valence electrons. The zero-order chi connectivity index (χ0) is 25.5. The van der Waals surface area contributed by atoms with Gasteiger partial charge in [-0.3, -0.25) is 9.79 Å². The largest absolute Gasteiger partial charge is 0.493 e. The summed E-state index contributed by atoms with van der Waals surface area (Å²) in [7, 11) is 1.59. The maximum absolute atomic E-state index is 13.5. The Morgan fingerprint density at radius 3 is 2.83 bits per heavy atom. The molecule has 1 aliphatic rings. The molecule has 1 amide bonds. The first-order valence-electron chi connectivity index (χ1n) is 11.7. The predicted octanol–water partition coefficient (Wildman–Crippen LogP) is 6.10. The summed E-state index contributed by atoms with van der Waals surface area (Å²) in [5.74, 6) is 1.08. The van der Waals surface area contributed by atoms with Gasteiger partial charge in [-0.2, -0.15) is 0 Å². The Morgan fingerprint density at radius 1 is 1.28 bits per heavy atom. The molecule has 3 aromatic rings. The number of nitrogens with zero attached hydrogens (tertiary/aromatic N) is 3. The van der Waals surface area contributed by atoms with Crippen LogP contribution in [-0.4, -0.2) is 37.9 Å². The molecular formula is C29H29N3O3S. The summed E-state index contributed by atoms with van der Waals surface area (Å²) in [5.41, 5.74) is 4.40. The fourth-order valence-corrected chi connectivity index (χ4v) is 5.20. The van der Waals surface area contributed by atoms with Crippen molar-refractivity contribution in [2.45, 2.75) is 19.8 Å². The number of carbonyl (C=O) groups is 1. The molecule has 0 saturated heterocycles. The van der Waals surface area contributed by atoms with Crippen LogP contribution in [0.2, 0.25) is 0 Å². The number of methoxy groups -OCH3 is 1. The van der Waals surface area contributed by atoms with Gasteiger partial charge in [-0.1, -0.05) is 43.0 Å². The van der Waals surface area contributed by atoms with Crippen molar-refractivity contribution in [3.05, 3.63) is 95.2 Å². The van der Waals surface area contributed by atoms with Crippen molar-refractivity contribution < 1.29 is 14.3 Å². The van der Waals surface area contributed by atoms with Gasteiger partial charge in [0.2, 0.25) is 5.88 Å². The number of aliphatic imine (C=N–C) groups is 1. The molecule has 0 radical (unpaired) electrons. The highest BCUT2D eigenvalue weighted by molar-refractivity contribution is 7.16. The van der Waals surface area contributed by atoms with E-state index in [1.807, 2.05) is 49.4 Å². The van der Waals surface area contributed by atoms with Crippen LogP contribution in [0.3, 0.4) is 0 Å². The van der Waals surface area contributed by atoms with E-state index in [-0.39, 0.29) is 5.91 Å².